The second-order valence-electron chi connectivity index (χ2n) is 6.94. The molecule has 0 N–H and O–H groups in total. The highest BCUT2D eigenvalue weighted by molar-refractivity contribution is 14.1. The predicted octanol–water partition coefficient (Wildman–Crippen LogP) is 6.12. The zero-order valence-corrected chi connectivity index (χ0v) is 18.6. The van der Waals surface area contributed by atoms with Gasteiger partial charge in [0.25, 0.3) is 5.79 Å². The summed E-state index contributed by atoms with van der Waals surface area (Å²) in [6.45, 7) is 3.77. The summed E-state index contributed by atoms with van der Waals surface area (Å²) in [7, 11) is 0. The zero-order chi connectivity index (χ0) is 20.4. The van der Waals surface area contributed by atoms with E-state index < -0.39 is 17.7 Å². The summed E-state index contributed by atoms with van der Waals surface area (Å²) in [5, 5.41) is 0. The van der Waals surface area contributed by atoms with Gasteiger partial charge in [0.05, 0.1) is 0 Å². The Morgan fingerprint density at radius 2 is 1.43 bits per heavy atom. The summed E-state index contributed by atoms with van der Waals surface area (Å²) in [4.78, 5) is 22.1. The molecule has 0 saturated carbocycles. The first-order chi connectivity index (χ1) is 13.4. The third kappa shape index (κ3) is 7.62. The fraction of sp³-hybridized carbons (Fsp3) is 0.391. The molecule has 150 valence electrons. The Morgan fingerprint density at radius 1 is 0.857 bits per heavy atom. The van der Waals surface area contributed by atoms with Crippen molar-refractivity contribution in [3.63, 3.8) is 0 Å². The SMILES string of the molecule is CCCCCCC1(C)OC(=O)CC(=O)O1.Ic1ccc(-c2ccccc2)cc1. The molecule has 0 spiro atoms. The van der Waals surface area contributed by atoms with Crippen LogP contribution in [0.25, 0.3) is 11.1 Å². The summed E-state index contributed by atoms with van der Waals surface area (Å²) in [5.74, 6) is -1.99. The molecule has 1 aliphatic heterocycles. The Kier molecular flexibility index (Phi) is 8.96. The third-order valence-corrected chi connectivity index (χ3v) is 5.10. The van der Waals surface area contributed by atoms with Gasteiger partial charge in [-0.3, -0.25) is 9.59 Å². The average molecular weight is 494 g/mol. The van der Waals surface area contributed by atoms with Crippen molar-refractivity contribution in [2.75, 3.05) is 0 Å². The number of carbonyl (C=O) groups is 2. The Labute approximate surface area is 180 Å². The number of ether oxygens (including phenoxy) is 2. The largest absolute Gasteiger partial charge is 0.422 e. The molecule has 0 bridgehead atoms. The van der Waals surface area contributed by atoms with Crippen molar-refractivity contribution >= 4 is 34.5 Å². The molecule has 28 heavy (non-hydrogen) atoms. The quantitative estimate of drug-likeness (QED) is 0.210. The first kappa shape index (κ1) is 22.4. The number of rotatable bonds is 6. The van der Waals surface area contributed by atoms with Gasteiger partial charge in [-0.05, 0) is 52.3 Å². The molecule has 1 saturated heterocycles. The van der Waals surface area contributed by atoms with E-state index in [1.807, 2.05) is 6.07 Å². The van der Waals surface area contributed by atoms with Crippen LogP contribution in [0.4, 0.5) is 0 Å². The van der Waals surface area contributed by atoms with Crippen molar-refractivity contribution in [2.24, 2.45) is 0 Å². The molecule has 1 fully saturated rings. The molecule has 2 aromatic rings. The van der Waals surface area contributed by atoms with Crippen LogP contribution < -0.4 is 0 Å². The minimum absolute atomic E-state index is 0.259. The number of hydrogen-bond donors (Lipinski definition) is 0. The van der Waals surface area contributed by atoms with E-state index in [-0.39, 0.29) is 6.42 Å². The Hall–Kier alpha value is -1.89. The van der Waals surface area contributed by atoms with E-state index in [1.165, 1.54) is 14.7 Å². The van der Waals surface area contributed by atoms with Crippen molar-refractivity contribution in [1.29, 1.82) is 0 Å². The van der Waals surface area contributed by atoms with Crippen molar-refractivity contribution < 1.29 is 19.1 Å². The Morgan fingerprint density at radius 3 is 2.00 bits per heavy atom. The van der Waals surface area contributed by atoms with Crippen LogP contribution in [0.15, 0.2) is 54.6 Å². The van der Waals surface area contributed by atoms with Crippen molar-refractivity contribution in [3.8, 4) is 11.1 Å². The monoisotopic (exact) mass is 494 g/mol. The lowest BCUT2D eigenvalue weighted by atomic mass is 10.1. The van der Waals surface area contributed by atoms with Crippen molar-refractivity contribution in [1.82, 2.24) is 0 Å². The first-order valence-corrected chi connectivity index (χ1v) is 10.7. The number of carbonyl (C=O) groups excluding carboxylic acids is 2. The second kappa shape index (κ2) is 11.2. The van der Waals surface area contributed by atoms with E-state index in [0.717, 1.165) is 25.7 Å². The molecule has 2 aromatic carbocycles. The Balaban J connectivity index is 0.000000202. The smallest absolute Gasteiger partial charge is 0.320 e. The minimum Gasteiger partial charge on any atom is -0.422 e. The zero-order valence-electron chi connectivity index (χ0n) is 16.4. The van der Waals surface area contributed by atoms with Gasteiger partial charge < -0.3 is 9.47 Å². The molecule has 3 rings (SSSR count). The van der Waals surface area contributed by atoms with Gasteiger partial charge in [-0.15, -0.1) is 0 Å². The maximum Gasteiger partial charge on any atom is 0.320 e. The van der Waals surface area contributed by atoms with Crippen LogP contribution in [-0.4, -0.2) is 17.7 Å². The Bertz CT molecular complexity index is 740. The molecule has 4 nitrogen and oxygen atoms in total. The van der Waals surface area contributed by atoms with Gasteiger partial charge in [0.15, 0.2) is 0 Å². The van der Waals surface area contributed by atoms with Crippen LogP contribution in [0.1, 0.15) is 52.4 Å². The lowest BCUT2D eigenvalue weighted by Gasteiger charge is -2.32. The van der Waals surface area contributed by atoms with Crippen LogP contribution in [-0.2, 0) is 19.1 Å². The molecule has 5 heteroatoms. The number of cyclic esters (lactones) is 2. The number of benzene rings is 2. The maximum atomic E-state index is 11.1. The average Bonchev–Trinajstić information content (AvgIpc) is 2.66. The molecule has 1 aliphatic rings. The van der Waals surface area contributed by atoms with E-state index in [4.69, 9.17) is 9.47 Å². The predicted molar refractivity (Wildman–Crippen MR) is 119 cm³/mol. The second-order valence-corrected chi connectivity index (χ2v) is 8.19. The van der Waals surface area contributed by atoms with Crippen LogP contribution in [0.5, 0.6) is 0 Å². The highest BCUT2D eigenvalue weighted by Crippen LogP contribution is 2.26. The standard InChI is InChI=1S/C12H9I.C11H18O4/c13-12-8-6-11(7-9-12)10-4-2-1-3-5-10;1-3-4-5-6-7-11(2)14-9(12)8-10(13)15-11/h1-9H;3-8H2,1-2H3. The summed E-state index contributed by atoms with van der Waals surface area (Å²) in [5.41, 5.74) is 2.56. The van der Waals surface area contributed by atoms with Gasteiger partial charge in [-0.25, -0.2) is 0 Å². The van der Waals surface area contributed by atoms with Gasteiger partial charge in [0, 0.05) is 16.9 Å². The van der Waals surface area contributed by atoms with Crippen LogP contribution in [0.2, 0.25) is 0 Å². The maximum absolute atomic E-state index is 11.1. The highest BCUT2D eigenvalue weighted by Gasteiger charge is 2.38. The summed E-state index contributed by atoms with van der Waals surface area (Å²) < 4.78 is 11.4. The third-order valence-electron chi connectivity index (χ3n) is 4.38. The number of hydrogen-bond acceptors (Lipinski definition) is 4. The number of unbranched alkanes of at least 4 members (excludes halogenated alkanes) is 3. The molecular formula is C23H27IO4. The van der Waals surface area contributed by atoms with Gasteiger partial charge in [0.2, 0.25) is 0 Å². The van der Waals surface area contributed by atoms with E-state index in [2.05, 4.69) is 78.0 Å². The van der Waals surface area contributed by atoms with Gasteiger partial charge in [0.1, 0.15) is 6.42 Å². The molecule has 0 atom stereocenters. The molecule has 0 aliphatic carbocycles. The van der Waals surface area contributed by atoms with Gasteiger partial charge in [-0.1, -0.05) is 68.7 Å². The molecule has 0 amide bonds. The van der Waals surface area contributed by atoms with Crippen molar-refractivity contribution in [2.45, 2.75) is 58.2 Å². The molecule has 0 unspecified atom stereocenters. The summed E-state index contributed by atoms with van der Waals surface area (Å²) in [6.07, 6.45) is 4.61. The van der Waals surface area contributed by atoms with E-state index in [9.17, 15) is 9.59 Å². The van der Waals surface area contributed by atoms with E-state index in [1.54, 1.807) is 6.92 Å². The van der Waals surface area contributed by atoms with Gasteiger partial charge in [-0.2, -0.15) is 0 Å². The van der Waals surface area contributed by atoms with E-state index >= 15 is 0 Å². The molecule has 0 radical (unpaired) electrons. The summed E-state index contributed by atoms with van der Waals surface area (Å²) >= 11 is 2.32. The molecule has 0 aromatic heterocycles. The lowest BCUT2D eigenvalue weighted by Crippen LogP contribution is -2.42. The number of halogens is 1. The lowest BCUT2D eigenvalue weighted by molar-refractivity contribution is -0.239. The highest BCUT2D eigenvalue weighted by atomic mass is 127. The van der Waals surface area contributed by atoms with Crippen LogP contribution >= 0.6 is 22.6 Å². The normalized spacial score (nSPS) is 15.1. The van der Waals surface area contributed by atoms with Crippen molar-refractivity contribution in [3.05, 3.63) is 58.2 Å². The number of esters is 2. The summed E-state index contributed by atoms with van der Waals surface area (Å²) in [6, 6.07) is 19.0. The fourth-order valence-corrected chi connectivity index (χ4v) is 3.30. The van der Waals surface area contributed by atoms with E-state index in [0.29, 0.717) is 6.42 Å². The first-order valence-electron chi connectivity index (χ1n) is 9.66. The van der Waals surface area contributed by atoms with Crippen LogP contribution in [0.3, 0.4) is 0 Å². The topological polar surface area (TPSA) is 52.6 Å². The van der Waals surface area contributed by atoms with Crippen LogP contribution in [0, 0.1) is 3.57 Å². The van der Waals surface area contributed by atoms with Gasteiger partial charge >= 0.3 is 11.9 Å². The minimum atomic E-state index is -1.03. The molecular weight excluding hydrogens is 467 g/mol. The molecule has 1 heterocycles. The fourth-order valence-electron chi connectivity index (χ4n) is 2.94.